The van der Waals surface area contributed by atoms with Crippen LogP contribution in [0.1, 0.15) is 46.8 Å². The van der Waals surface area contributed by atoms with Crippen molar-refractivity contribution in [2.75, 3.05) is 5.01 Å². The van der Waals surface area contributed by atoms with Gasteiger partial charge in [0.15, 0.2) is 0 Å². The largest absolute Gasteiger partial charge is 0.349 e. The molecule has 2 N–H and O–H groups in total. The van der Waals surface area contributed by atoms with Crippen molar-refractivity contribution in [1.82, 2.24) is 10.7 Å². The highest BCUT2D eigenvalue weighted by atomic mass is 16.2. The van der Waals surface area contributed by atoms with Crippen molar-refractivity contribution in [3.63, 3.8) is 0 Å². The predicted molar refractivity (Wildman–Crippen MR) is 124 cm³/mol. The average Bonchev–Trinajstić information content (AvgIpc) is 2.78. The summed E-state index contributed by atoms with van der Waals surface area (Å²) in [6.45, 7) is 6.12. The smallest absolute Gasteiger partial charge is 0.251 e. The standard InChI is InChI=1S/C26H29N3O3/c1-16-11-12-19(17(2)13-16)14-18(3)27-24(30)20-7-6-8-21(15-20)29-26(32)23-10-5-4-9-22(23)25(31)28-29/h4-8,11-13,15,18,22-23H,9-10,14H2,1-3H3,(H,27,30)(H,28,31). The van der Waals surface area contributed by atoms with Crippen LogP contribution in [-0.2, 0) is 16.0 Å². The lowest BCUT2D eigenvalue weighted by Crippen LogP contribution is -2.59. The maximum Gasteiger partial charge on any atom is 0.251 e. The van der Waals surface area contributed by atoms with Crippen molar-refractivity contribution in [2.45, 2.75) is 46.1 Å². The minimum Gasteiger partial charge on any atom is -0.349 e. The van der Waals surface area contributed by atoms with Crippen LogP contribution in [0.15, 0.2) is 54.6 Å². The van der Waals surface area contributed by atoms with Crippen LogP contribution >= 0.6 is 0 Å². The SMILES string of the molecule is Cc1ccc(CC(C)NC(=O)c2cccc(N3NC(=O)C4CC=CCC4C3=O)c2)c(C)c1. The second-order valence-corrected chi connectivity index (χ2v) is 8.86. The number of aryl methyl sites for hydroxylation is 2. The highest BCUT2D eigenvalue weighted by Crippen LogP contribution is 2.32. The van der Waals surface area contributed by atoms with E-state index < -0.39 is 0 Å². The molecule has 2 aromatic rings. The van der Waals surface area contributed by atoms with Gasteiger partial charge in [-0.3, -0.25) is 19.8 Å². The zero-order chi connectivity index (χ0) is 22.8. The van der Waals surface area contributed by atoms with E-state index in [2.05, 4.69) is 42.8 Å². The van der Waals surface area contributed by atoms with Crippen LogP contribution in [-0.4, -0.2) is 23.8 Å². The summed E-state index contributed by atoms with van der Waals surface area (Å²) < 4.78 is 0. The first-order valence-corrected chi connectivity index (χ1v) is 11.1. The van der Waals surface area contributed by atoms with Gasteiger partial charge in [0.2, 0.25) is 11.8 Å². The normalized spacial score (nSPS) is 21.0. The molecule has 6 heteroatoms. The number of fused-ring (bicyclic) bond motifs is 1. The molecule has 1 aliphatic carbocycles. The fourth-order valence-corrected chi connectivity index (χ4v) is 4.53. The Hall–Kier alpha value is -3.41. The molecule has 2 aliphatic rings. The number of carbonyl (C=O) groups excluding carboxylic acids is 3. The van der Waals surface area contributed by atoms with Crippen LogP contribution in [0.5, 0.6) is 0 Å². The third kappa shape index (κ3) is 4.44. The van der Waals surface area contributed by atoms with Crippen molar-refractivity contribution in [2.24, 2.45) is 11.8 Å². The molecule has 1 saturated heterocycles. The van der Waals surface area contributed by atoms with Gasteiger partial charge in [0, 0.05) is 11.6 Å². The molecular formula is C26H29N3O3. The summed E-state index contributed by atoms with van der Waals surface area (Å²) in [4.78, 5) is 38.4. The second kappa shape index (κ2) is 8.99. The van der Waals surface area contributed by atoms with Gasteiger partial charge >= 0.3 is 0 Å². The number of allylic oxidation sites excluding steroid dienone is 2. The van der Waals surface area contributed by atoms with Gasteiger partial charge in [-0.2, -0.15) is 0 Å². The Kier molecular flexibility index (Phi) is 6.12. The average molecular weight is 432 g/mol. The minimum absolute atomic E-state index is 0.0568. The van der Waals surface area contributed by atoms with Gasteiger partial charge in [-0.1, -0.05) is 42.0 Å². The molecule has 0 spiro atoms. The van der Waals surface area contributed by atoms with Crippen molar-refractivity contribution < 1.29 is 14.4 Å². The summed E-state index contributed by atoms with van der Waals surface area (Å²) >= 11 is 0. The van der Waals surface area contributed by atoms with Gasteiger partial charge in [0.25, 0.3) is 5.91 Å². The zero-order valence-corrected chi connectivity index (χ0v) is 18.7. The van der Waals surface area contributed by atoms with Gasteiger partial charge < -0.3 is 5.32 Å². The van der Waals surface area contributed by atoms with Gasteiger partial charge in [-0.05, 0) is 69.4 Å². The number of nitrogens with one attached hydrogen (secondary N) is 2. The summed E-state index contributed by atoms with van der Waals surface area (Å²) in [6.07, 6.45) is 5.78. The molecule has 3 amide bonds. The monoisotopic (exact) mass is 431 g/mol. The van der Waals surface area contributed by atoms with E-state index in [4.69, 9.17) is 0 Å². The van der Waals surface area contributed by atoms with Crippen LogP contribution in [0.25, 0.3) is 0 Å². The molecule has 1 fully saturated rings. The molecular weight excluding hydrogens is 402 g/mol. The fraction of sp³-hybridized carbons (Fsp3) is 0.346. The highest BCUT2D eigenvalue weighted by molar-refractivity contribution is 6.05. The maximum absolute atomic E-state index is 13.0. The number of hydrogen-bond acceptors (Lipinski definition) is 3. The third-order valence-corrected chi connectivity index (χ3v) is 6.30. The van der Waals surface area contributed by atoms with E-state index in [1.807, 2.05) is 19.1 Å². The van der Waals surface area contributed by atoms with E-state index in [1.165, 1.54) is 21.7 Å². The van der Waals surface area contributed by atoms with Gasteiger partial charge in [0.1, 0.15) is 0 Å². The summed E-state index contributed by atoms with van der Waals surface area (Å²) in [6, 6.07) is 13.1. The maximum atomic E-state index is 13.0. The van der Waals surface area contributed by atoms with Crippen molar-refractivity contribution in [3.8, 4) is 0 Å². The van der Waals surface area contributed by atoms with E-state index in [-0.39, 0.29) is 35.6 Å². The molecule has 3 unspecified atom stereocenters. The molecule has 0 saturated carbocycles. The highest BCUT2D eigenvalue weighted by Gasteiger charge is 2.42. The van der Waals surface area contributed by atoms with E-state index in [0.717, 1.165) is 6.42 Å². The van der Waals surface area contributed by atoms with Crippen molar-refractivity contribution in [1.29, 1.82) is 0 Å². The summed E-state index contributed by atoms with van der Waals surface area (Å²) in [5, 5.41) is 4.33. The summed E-state index contributed by atoms with van der Waals surface area (Å²) in [7, 11) is 0. The number of amides is 3. The number of anilines is 1. The van der Waals surface area contributed by atoms with Crippen LogP contribution in [0.2, 0.25) is 0 Å². The quantitative estimate of drug-likeness (QED) is 0.710. The topological polar surface area (TPSA) is 78.5 Å². The molecule has 0 bridgehead atoms. The third-order valence-electron chi connectivity index (χ3n) is 6.30. The van der Waals surface area contributed by atoms with Gasteiger partial charge in [-0.25, -0.2) is 5.01 Å². The zero-order valence-electron chi connectivity index (χ0n) is 18.7. The number of carbonyl (C=O) groups is 3. The molecule has 0 aromatic heterocycles. The van der Waals surface area contributed by atoms with Crippen molar-refractivity contribution in [3.05, 3.63) is 76.9 Å². The Morgan fingerprint density at radius 3 is 2.59 bits per heavy atom. The molecule has 6 nitrogen and oxygen atoms in total. The Morgan fingerprint density at radius 1 is 1.09 bits per heavy atom. The summed E-state index contributed by atoms with van der Waals surface area (Å²) in [5.41, 5.74) is 7.28. The Bertz CT molecular complexity index is 1090. The van der Waals surface area contributed by atoms with Crippen LogP contribution < -0.4 is 15.8 Å². The van der Waals surface area contributed by atoms with Gasteiger partial charge in [-0.15, -0.1) is 0 Å². The van der Waals surface area contributed by atoms with Gasteiger partial charge in [0.05, 0.1) is 17.5 Å². The lowest BCUT2D eigenvalue weighted by atomic mass is 9.80. The lowest BCUT2D eigenvalue weighted by Gasteiger charge is -2.38. The van der Waals surface area contributed by atoms with Crippen molar-refractivity contribution >= 4 is 23.4 Å². The Morgan fingerprint density at radius 2 is 1.84 bits per heavy atom. The molecule has 1 aliphatic heterocycles. The second-order valence-electron chi connectivity index (χ2n) is 8.86. The van der Waals surface area contributed by atoms with E-state index in [0.29, 0.717) is 24.1 Å². The van der Waals surface area contributed by atoms with Crippen LogP contribution in [0.3, 0.4) is 0 Å². The Balaban J connectivity index is 1.46. The minimum atomic E-state index is -0.357. The lowest BCUT2D eigenvalue weighted by molar-refractivity contribution is -0.139. The molecule has 1 heterocycles. The number of nitrogens with zero attached hydrogens (tertiary/aromatic N) is 1. The number of benzene rings is 2. The molecule has 32 heavy (non-hydrogen) atoms. The van der Waals surface area contributed by atoms with E-state index in [9.17, 15) is 14.4 Å². The van der Waals surface area contributed by atoms with Crippen LogP contribution in [0, 0.1) is 25.7 Å². The van der Waals surface area contributed by atoms with E-state index in [1.54, 1.807) is 24.3 Å². The number of hydrogen-bond donors (Lipinski definition) is 2. The fourth-order valence-electron chi connectivity index (χ4n) is 4.53. The first-order chi connectivity index (χ1) is 15.3. The van der Waals surface area contributed by atoms with E-state index >= 15 is 0 Å². The first kappa shape index (κ1) is 21.8. The molecule has 2 aromatic carbocycles. The number of rotatable bonds is 5. The number of hydrazine groups is 1. The van der Waals surface area contributed by atoms with Crippen LogP contribution in [0.4, 0.5) is 5.69 Å². The summed E-state index contributed by atoms with van der Waals surface area (Å²) in [5.74, 6) is -1.18. The molecule has 166 valence electrons. The first-order valence-electron chi connectivity index (χ1n) is 11.1. The predicted octanol–water partition coefficient (Wildman–Crippen LogP) is 3.62. The Labute approximate surface area is 188 Å². The molecule has 3 atom stereocenters. The molecule has 0 radical (unpaired) electrons. The molecule has 4 rings (SSSR count).